The molecular weight excluding hydrogens is 274 g/mol. The Bertz CT molecular complexity index is 634. The summed E-state index contributed by atoms with van der Waals surface area (Å²) >= 11 is 0. The van der Waals surface area contributed by atoms with Crippen molar-refractivity contribution in [1.82, 2.24) is 24.6 Å². The van der Waals surface area contributed by atoms with E-state index in [-0.39, 0.29) is 0 Å². The predicted molar refractivity (Wildman–Crippen MR) is 86.7 cm³/mol. The van der Waals surface area contributed by atoms with Crippen molar-refractivity contribution in [2.75, 3.05) is 13.1 Å². The van der Waals surface area contributed by atoms with E-state index in [4.69, 9.17) is 0 Å². The topological polar surface area (TPSA) is 46.8 Å². The molecule has 2 aromatic heterocycles. The van der Waals surface area contributed by atoms with Crippen LogP contribution in [0, 0.1) is 13.8 Å². The van der Waals surface area contributed by atoms with E-state index in [0.29, 0.717) is 5.92 Å². The van der Waals surface area contributed by atoms with Crippen LogP contribution in [0.4, 0.5) is 0 Å². The normalized spacial score (nSPS) is 19.5. The zero-order valence-electron chi connectivity index (χ0n) is 13.8. The predicted octanol–water partition coefficient (Wildman–Crippen LogP) is 2.69. The minimum absolute atomic E-state index is 0.525. The van der Waals surface area contributed by atoms with Crippen LogP contribution in [0.15, 0.2) is 18.5 Å². The van der Waals surface area contributed by atoms with Crippen LogP contribution in [0.3, 0.4) is 0 Å². The second-order valence-corrected chi connectivity index (χ2v) is 6.20. The van der Waals surface area contributed by atoms with Crippen molar-refractivity contribution in [3.63, 3.8) is 0 Å². The van der Waals surface area contributed by atoms with Crippen LogP contribution < -0.4 is 0 Å². The Morgan fingerprint density at radius 2 is 2.18 bits per heavy atom. The van der Waals surface area contributed by atoms with E-state index in [2.05, 4.69) is 46.1 Å². The first-order valence-corrected chi connectivity index (χ1v) is 8.20. The quantitative estimate of drug-likeness (QED) is 0.871. The van der Waals surface area contributed by atoms with Crippen LogP contribution in [-0.4, -0.2) is 37.7 Å². The average Bonchev–Trinajstić information content (AvgIpc) is 2.88. The number of rotatable bonds is 4. The Morgan fingerprint density at radius 1 is 1.32 bits per heavy atom. The fraction of sp³-hybridized carbons (Fsp3) is 0.588. The smallest absolute Gasteiger partial charge is 0.125 e. The lowest BCUT2D eigenvalue weighted by Gasteiger charge is -2.32. The lowest BCUT2D eigenvalue weighted by molar-refractivity contribution is 0.198. The second kappa shape index (κ2) is 6.57. The maximum Gasteiger partial charge on any atom is 0.125 e. The van der Waals surface area contributed by atoms with Gasteiger partial charge >= 0.3 is 0 Å². The summed E-state index contributed by atoms with van der Waals surface area (Å²) in [6.07, 6.45) is 6.52. The summed E-state index contributed by atoms with van der Waals surface area (Å²) in [6, 6.07) is 2.07. The molecule has 0 saturated carbocycles. The van der Waals surface area contributed by atoms with Crippen LogP contribution in [0.25, 0.3) is 0 Å². The number of aryl methyl sites for hydroxylation is 3. The van der Waals surface area contributed by atoms with Gasteiger partial charge in [0.15, 0.2) is 0 Å². The maximum atomic E-state index is 4.62. The number of likely N-dealkylation sites (tertiary alicyclic amines) is 1. The third-order valence-corrected chi connectivity index (χ3v) is 4.49. The van der Waals surface area contributed by atoms with Gasteiger partial charge in [-0.3, -0.25) is 9.58 Å². The average molecular weight is 299 g/mol. The summed E-state index contributed by atoms with van der Waals surface area (Å²) in [6.45, 7) is 10.4. The minimum atomic E-state index is 0.525. The van der Waals surface area contributed by atoms with Gasteiger partial charge in [0, 0.05) is 49.2 Å². The molecule has 1 aliphatic heterocycles. The summed E-state index contributed by atoms with van der Waals surface area (Å²) in [4.78, 5) is 11.4. The Balaban J connectivity index is 1.69. The lowest BCUT2D eigenvalue weighted by Crippen LogP contribution is -2.34. The number of piperidine rings is 1. The van der Waals surface area contributed by atoms with Gasteiger partial charge in [-0.05, 0) is 46.2 Å². The molecule has 1 saturated heterocycles. The van der Waals surface area contributed by atoms with Gasteiger partial charge in [0.1, 0.15) is 5.82 Å². The van der Waals surface area contributed by atoms with Crippen molar-refractivity contribution < 1.29 is 0 Å². The van der Waals surface area contributed by atoms with Gasteiger partial charge in [0.25, 0.3) is 0 Å². The van der Waals surface area contributed by atoms with E-state index >= 15 is 0 Å². The number of aromatic nitrogens is 4. The molecular formula is C17H25N5. The standard InChI is InChI=1S/C17H25N5/c1-4-22-12-16(13(2)20-22)11-21-9-5-6-15(10-21)17-7-8-18-14(3)19-17/h7-8,12,15H,4-6,9-11H2,1-3H3/t15-/m0/s1. The molecule has 1 fully saturated rings. The largest absolute Gasteiger partial charge is 0.298 e. The number of nitrogens with zero attached hydrogens (tertiary/aromatic N) is 5. The SMILES string of the molecule is CCn1cc(CN2CCC[C@H](c3ccnc(C)n3)C2)c(C)n1. The fourth-order valence-corrected chi connectivity index (χ4v) is 3.26. The molecule has 0 spiro atoms. The monoisotopic (exact) mass is 299 g/mol. The minimum Gasteiger partial charge on any atom is -0.298 e. The number of hydrogen-bond donors (Lipinski definition) is 0. The molecule has 0 radical (unpaired) electrons. The summed E-state index contributed by atoms with van der Waals surface area (Å²) in [5.41, 5.74) is 3.70. The highest BCUT2D eigenvalue weighted by molar-refractivity contribution is 5.16. The van der Waals surface area contributed by atoms with Gasteiger partial charge < -0.3 is 0 Å². The Morgan fingerprint density at radius 3 is 2.91 bits per heavy atom. The summed E-state index contributed by atoms with van der Waals surface area (Å²) in [7, 11) is 0. The van der Waals surface area contributed by atoms with Crippen molar-refractivity contribution in [3.05, 3.63) is 41.2 Å². The van der Waals surface area contributed by atoms with Crippen molar-refractivity contribution in [1.29, 1.82) is 0 Å². The molecule has 0 unspecified atom stereocenters. The van der Waals surface area contributed by atoms with E-state index in [0.717, 1.165) is 37.7 Å². The van der Waals surface area contributed by atoms with Crippen LogP contribution in [0.5, 0.6) is 0 Å². The fourth-order valence-electron chi connectivity index (χ4n) is 3.26. The zero-order chi connectivity index (χ0) is 15.5. The molecule has 1 atom stereocenters. The van der Waals surface area contributed by atoms with Gasteiger partial charge in [-0.2, -0.15) is 5.10 Å². The molecule has 0 amide bonds. The Hall–Kier alpha value is -1.75. The zero-order valence-corrected chi connectivity index (χ0v) is 13.8. The number of hydrogen-bond acceptors (Lipinski definition) is 4. The molecule has 5 heteroatoms. The van der Waals surface area contributed by atoms with Gasteiger partial charge in [-0.1, -0.05) is 0 Å². The van der Waals surface area contributed by atoms with Crippen molar-refractivity contribution in [2.45, 2.75) is 52.6 Å². The molecule has 2 aromatic rings. The molecule has 0 N–H and O–H groups in total. The second-order valence-electron chi connectivity index (χ2n) is 6.20. The molecule has 0 bridgehead atoms. The third kappa shape index (κ3) is 3.35. The lowest BCUT2D eigenvalue weighted by atomic mass is 9.94. The Labute approximate surface area is 132 Å². The third-order valence-electron chi connectivity index (χ3n) is 4.49. The summed E-state index contributed by atoms with van der Waals surface area (Å²) < 4.78 is 2.03. The van der Waals surface area contributed by atoms with E-state index in [9.17, 15) is 0 Å². The van der Waals surface area contributed by atoms with E-state index in [1.807, 2.05) is 17.8 Å². The molecule has 3 heterocycles. The van der Waals surface area contributed by atoms with Gasteiger partial charge in [-0.25, -0.2) is 9.97 Å². The van der Waals surface area contributed by atoms with Crippen LogP contribution in [0.1, 0.15) is 48.5 Å². The molecule has 3 rings (SSSR count). The van der Waals surface area contributed by atoms with Crippen LogP contribution in [0.2, 0.25) is 0 Å². The highest BCUT2D eigenvalue weighted by Crippen LogP contribution is 2.26. The van der Waals surface area contributed by atoms with E-state index in [1.165, 1.54) is 24.1 Å². The Kier molecular flexibility index (Phi) is 4.52. The molecule has 5 nitrogen and oxygen atoms in total. The maximum absolute atomic E-state index is 4.62. The first-order chi connectivity index (χ1) is 10.7. The molecule has 0 aliphatic carbocycles. The molecule has 0 aromatic carbocycles. The van der Waals surface area contributed by atoms with Crippen molar-refractivity contribution in [3.8, 4) is 0 Å². The van der Waals surface area contributed by atoms with E-state index in [1.54, 1.807) is 0 Å². The first kappa shape index (κ1) is 15.2. The van der Waals surface area contributed by atoms with Gasteiger partial charge in [-0.15, -0.1) is 0 Å². The summed E-state index contributed by atoms with van der Waals surface area (Å²) in [5, 5.41) is 4.55. The van der Waals surface area contributed by atoms with E-state index < -0.39 is 0 Å². The molecule has 1 aliphatic rings. The van der Waals surface area contributed by atoms with Crippen LogP contribution in [-0.2, 0) is 13.1 Å². The van der Waals surface area contributed by atoms with Crippen LogP contribution >= 0.6 is 0 Å². The highest BCUT2D eigenvalue weighted by atomic mass is 15.3. The highest BCUT2D eigenvalue weighted by Gasteiger charge is 2.23. The first-order valence-electron chi connectivity index (χ1n) is 8.20. The van der Waals surface area contributed by atoms with Gasteiger partial charge in [0.2, 0.25) is 0 Å². The summed E-state index contributed by atoms with van der Waals surface area (Å²) in [5.74, 6) is 1.40. The van der Waals surface area contributed by atoms with Crippen molar-refractivity contribution >= 4 is 0 Å². The molecule has 118 valence electrons. The van der Waals surface area contributed by atoms with Gasteiger partial charge in [0.05, 0.1) is 5.69 Å². The van der Waals surface area contributed by atoms with Crippen molar-refractivity contribution in [2.24, 2.45) is 0 Å². The molecule has 22 heavy (non-hydrogen) atoms.